The molecule has 138 valence electrons. The minimum Gasteiger partial charge on any atom is -0.352 e. The molecular weight excluding hydrogens is 348 g/mol. The number of amides is 1. The lowest BCUT2D eigenvalue weighted by Crippen LogP contribution is -2.43. The van der Waals surface area contributed by atoms with Crippen molar-refractivity contribution in [1.29, 1.82) is 0 Å². The van der Waals surface area contributed by atoms with E-state index >= 15 is 0 Å². The van der Waals surface area contributed by atoms with E-state index in [0.29, 0.717) is 11.3 Å². The van der Waals surface area contributed by atoms with Crippen molar-refractivity contribution >= 4 is 33.0 Å². The second kappa shape index (κ2) is 6.54. The number of fused-ring (bicyclic) bond motifs is 3. The van der Waals surface area contributed by atoms with Crippen molar-refractivity contribution in [2.75, 3.05) is 0 Å². The molecule has 1 saturated carbocycles. The lowest BCUT2D eigenvalue weighted by molar-refractivity contribution is -0.125. The van der Waals surface area contributed by atoms with Crippen LogP contribution in [0.1, 0.15) is 51.4 Å². The summed E-state index contributed by atoms with van der Waals surface area (Å²) in [5.74, 6) is 1.31. The molecule has 3 aromatic rings. The zero-order valence-electron chi connectivity index (χ0n) is 15.4. The third-order valence-electron chi connectivity index (χ3n) is 5.53. The number of nitrogens with zero attached hydrogens (tertiary/aromatic N) is 3. The SMILES string of the molecule is Cc1nn([C@@H](C)C(=O)NC2CCC(C)CC2)c(=O)c2cc3sccc3n12. The maximum atomic E-state index is 12.9. The van der Waals surface area contributed by atoms with Gasteiger partial charge in [0.05, 0.1) is 10.2 Å². The molecule has 1 N–H and O–H groups in total. The van der Waals surface area contributed by atoms with Crippen LogP contribution in [0.5, 0.6) is 0 Å². The third-order valence-corrected chi connectivity index (χ3v) is 6.39. The van der Waals surface area contributed by atoms with Gasteiger partial charge >= 0.3 is 0 Å². The number of hydrogen-bond acceptors (Lipinski definition) is 4. The highest BCUT2D eigenvalue weighted by atomic mass is 32.1. The number of thiophene rings is 1. The molecule has 1 fully saturated rings. The van der Waals surface area contributed by atoms with Crippen molar-refractivity contribution in [2.45, 2.75) is 58.5 Å². The van der Waals surface area contributed by atoms with Gasteiger partial charge in [-0.05, 0) is 63.0 Å². The second-order valence-corrected chi connectivity index (χ2v) is 8.42. The summed E-state index contributed by atoms with van der Waals surface area (Å²) >= 11 is 1.60. The van der Waals surface area contributed by atoms with Crippen LogP contribution in [0.2, 0.25) is 0 Å². The van der Waals surface area contributed by atoms with Crippen LogP contribution >= 0.6 is 11.3 Å². The van der Waals surface area contributed by atoms with Crippen LogP contribution in [0.15, 0.2) is 22.3 Å². The Kier molecular flexibility index (Phi) is 4.34. The van der Waals surface area contributed by atoms with Gasteiger partial charge < -0.3 is 5.32 Å². The van der Waals surface area contributed by atoms with Crippen molar-refractivity contribution in [3.8, 4) is 0 Å². The highest BCUT2D eigenvalue weighted by Gasteiger charge is 2.25. The third kappa shape index (κ3) is 2.84. The molecule has 26 heavy (non-hydrogen) atoms. The average Bonchev–Trinajstić information content (AvgIpc) is 3.20. The highest BCUT2D eigenvalue weighted by Crippen LogP contribution is 2.25. The molecule has 1 aliphatic rings. The van der Waals surface area contributed by atoms with Crippen LogP contribution in [-0.2, 0) is 4.79 Å². The van der Waals surface area contributed by atoms with E-state index in [2.05, 4.69) is 17.3 Å². The summed E-state index contributed by atoms with van der Waals surface area (Å²) in [5.41, 5.74) is 1.34. The van der Waals surface area contributed by atoms with E-state index in [1.54, 1.807) is 18.3 Å². The number of aromatic nitrogens is 3. The first kappa shape index (κ1) is 17.3. The molecule has 6 nitrogen and oxygen atoms in total. The Morgan fingerprint density at radius 3 is 2.77 bits per heavy atom. The van der Waals surface area contributed by atoms with Crippen LogP contribution in [0.3, 0.4) is 0 Å². The number of carbonyl (C=O) groups excluding carboxylic acids is 1. The Morgan fingerprint density at radius 2 is 2.04 bits per heavy atom. The smallest absolute Gasteiger partial charge is 0.291 e. The molecule has 0 bridgehead atoms. The van der Waals surface area contributed by atoms with E-state index < -0.39 is 6.04 Å². The normalized spacial score (nSPS) is 22.0. The quantitative estimate of drug-likeness (QED) is 0.767. The van der Waals surface area contributed by atoms with Gasteiger partial charge in [0.25, 0.3) is 5.56 Å². The topological polar surface area (TPSA) is 68.4 Å². The maximum absolute atomic E-state index is 12.9. The number of nitrogens with one attached hydrogen (secondary N) is 1. The lowest BCUT2D eigenvalue weighted by Gasteiger charge is -2.28. The summed E-state index contributed by atoms with van der Waals surface area (Å²) in [4.78, 5) is 25.6. The monoisotopic (exact) mass is 372 g/mol. The van der Waals surface area contributed by atoms with E-state index in [0.717, 1.165) is 41.8 Å². The van der Waals surface area contributed by atoms with Crippen molar-refractivity contribution in [1.82, 2.24) is 19.5 Å². The van der Waals surface area contributed by atoms with Gasteiger partial charge in [-0.15, -0.1) is 11.3 Å². The molecule has 0 saturated heterocycles. The van der Waals surface area contributed by atoms with Crippen LogP contribution in [-0.4, -0.2) is 26.1 Å². The molecule has 1 amide bonds. The number of rotatable bonds is 3. The Bertz CT molecular complexity index is 1020. The fourth-order valence-electron chi connectivity index (χ4n) is 3.89. The minimum absolute atomic E-state index is 0.128. The Labute approximate surface area is 155 Å². The Morgan fingerprint density at radius 1 is 1.31 bits per heavy atom. The molecular formula is C19H24N4O2S. The molecule has 4 rings (SSSR count). The van der Waals surface area contributed by atoms with E-state index in [9.17, 15) is 9.59 Å². The Hall–Kier alpha value is -2.15. The fourth-order valence-corrected chi connectivity index (χ4v) is 4.70. The first-order chi connectivity index (χ1) is 12.5. The van der Waals surface area contributed by atoms with Gasteiger partial charge in [-0.25, -0.2) is 4.68 Å². The largest absolute Gasteiger partial charge is 0.352 e. The molecule has 0 unspecified atom stereocenters. The summed E-state index contributed by atoms with van der Waals surface area (Å²) < 4.78 is 4.26. The summed E-state index contributed by atoms with van der Waals surface area (Å²) in [5, 5.41) is 9.55. The first-order valence-electron chi connectivity index (χ1n) is 9.24. The van der Waals surface area contributed by atoms with Gasteiger partial charge in [-0.2, -0.15) is 5.10 Å². The fraction of sp³-hybridized carbons (Fsp3) is 0.526. The van der Waals surface area contributed by atoms with Crippen LogP contribution in [0, 0.1) is 12.8 Å². The molecule has 0 spiro atoms. The van der Waals surface area contributed by atoms with Crippen LogP contribution in [0.25, 0.3) is 15.7 Å². The molecule has 1 atom stereocenters. The van der Waals surface area contributed by atoms with Crippen molar-refractivity contribution < 1.29 is 4.79 Å². The minimum atomic E-state index is -0.626. The van der Waals surface area contributed by atoms with E-state index in [4.69, 9.17) is 0 Å². The Balaban J connectivity index is 1.64. The molecule has 0 aromatic carbocycles. The van der Waals surface area contributed by atoms with Gasteiger partial charge in [0.2, 0.25) is 5.91 Å². The van der Waals surface area contributed by atoms with Crippen molar-refractivity contribution in [3.63, 3.8) is 0 Å². The lowest BCUT2D eigenvalue weighted by atomic mass is 9.87. The summed E-state index contributed by atoms with van der Waals surface area (Å²) in [7, 11) is 0. The molecule has 0 aliphatic heterocycles. The zero-order valence-corrected chi connectivity index (χ0v) is 16.2. The number of aryl methyl sites for hydroxylation is 1. The van der Waals surface area contributed by atoms with Crippen molar-refractivity contribution in [3.05, 3.63) is 33.7 Å². The summed E-state index contributed by atoms with van der Waals surface area (Å²) in [6, 6.07) is 3.46. The standard InChI is InChI=1S/C19H24N4O2S/c1-11-4-6-14(7-5-11)20-18(24)12(2)23-19(25)16-10-17-15(8-9-26-17)22(16)13(3)21-23/h8-12,14H,4-7H2,1-3H3,(H,20,24)/t11?,12-,14?/m0/s1. The number of hydrogen-bond donors (Lipinski definition) is 1. The summed E-state index contributed by atoms with van der Waals surface area (Å²) in [6.07, 6.45) is 4.30. The first-order valence-corrected chi connectivity index (χ1v) is 10.1. The average molecular weight is 372 g/mol. The van der Waals surface area contributed by atoms with Crippen molar-refractivity contribution in [2.24, 2.45) is 5.92 Å². The maximum Gasteiger partial charge on any atom is 0.291 e. The van der Waals surface area contributed by atoms with E-state index in [1.807, 2.05) is 28.8 Å². The molecule has 1 aliphatic carbocycles. The predicted octanol–water partition coefficient (Wildman–Crippen LogP) is 3.28. The predicted molar refractivity (Wildman–Crippen MR) is 104 cm³/mol. The molecule has 7 heteroatoms. The van der Waals surface area contributed by atoms with Gasteiger partial charge in [-0.3, -0.25) is 14.0 Å². The highest BCUT2D eigenvalue weighted by molar-refractivity contribution is 7.17. The van der Waals surface area contributed by atoms with Gasteiger partial charge in [0.1, 0.15) is 17.4 Å². The summed E-state index contributed by atoms with van der Waals surface area (Å²) in [6.45, 7) is 5.87. The van der Waals surface area contributed by atoms with Crippen LogP contribution in [0.4, 0.5) is 0 Å². The van der Waals surface area contributed by atoms with Gasteiger partial charge in [0.15, 0.2) is 0 Å². The van der Waals surface area contributed by atoms with Crippen LogP contribution < -0.4 is 10.9 Å². The van der Waals surface area contributed by atoms with Gasteiger partial charge in [0, 0.05) is 6.04 Å². The van der Waals surface area contributed by atoms with Gasteiger partial charge in [-0.1, -0.05) is 6.92 Å². The second-order valence-electron chi connectivity index (χ2n) is 7.47. The zero-order chi connectivity index (χ0) is 18.4. The molecule has 3 aromatic heterocycles. The molecule has 0 radical (unpaired) electrons. The van der Waals surface area contributed by atoms with E-state index in [-0.39, 0.29) is 17.5 Å². The number of carbonyl (C=O) groups is 1. The van der Waals surface area contributed by atoms with E-state index in [1.165, 1.54) is 4.68 Å². The molecule has 3 heterocycles.